The molecule has 8 nitrogen and oxygen atoms in total. The molecule has 20 heavy (non-hydrogen) atoms. The third kappa shape index (κ3) is 2.79. The highest BCUT2D eigenvalue weighted by Crippen LogP contribution is 2.31. The van der Waals surface area contributed by atoms with Gasteiger partial charge in [0.25, 0.3) is 0 Å². The van der Waals surface area contributed by atoms with Crippen LogP contribution in [0, 0.1) is 17.0 Å². The Morgan fingerprint density at radius 2 is 1.95 bits per heavy atom. The van der Waals surface area contributed by atoms with E-state index < -0.39 is 4.92 Å². The quantitative estimate of drug-likeness (QED) is 0.645. The zero-order chi connectivity index (χ0) is 14.9. The fraction of sp³-hybridized carbons (Fsp3) is 0.667. The number of hydrogen-bond donors (Lipinski definition) is 1. The van der Waals surface area contributed by atoms with Gasteiger partial charge in [-0.3, -0.25) is 10.1 Å². The number of anilines is 2. The van der Waals surface area contributed by atoms with Gasteiger partial charge >= 0.3 is 5.69 Å². The summed E-state index contributed by atoms with van der Waals surface area (Å²) in [6.45, 7) is 3.06. The summed E-state index contributed by atoms with van der Waals surface area (Å²) in [6, 6.07) is 0.505. The van der Waals surface area contributed by atoms with Crippen LogP contribution in [0.1, 0.15) is 18.5 Å². The van der Waals surface area contributed by atoms with Crippen LogP contribution in [0.25, 0.3) is 0 Å². The Kier molecular flexibility index (Phi) is 4.03. The molecule has 2 heterocycles. The van der Waals surface area contributed by atoms with Gasteiger partial charge in [0.15, 0.2) is 0 Å². The lowest BCUT2D eigenvalue weighted by Gasteiger charge is -2.35. The van der Waals surface area contributed by atoms with E-state index in [4.69, 9.17) is 5.73 Å². The van der Waals surface area contributed by atoms with Crippen molar-refractivity contribution < 1.29 is 4.92 Å². The molecule has 1 aliphatic heterocycles. The summed E-state index contributed by atoms with van der Waals surface area (Å²) in [5, 5.41) is 11.2. The molecule has 0 radical (unpaired) electrons. The van der Waals surface area contributed by atoms with Gasteiger partial charge in [0.1, 0.15) is 5.69 Å². The lowest BCUT2D eigenvalue weighted by molar-refractivity contribution is -0.385. The van der Waals surface area contributed by atoms with E-state index in [9.17, 15) is 10.1 Å². The lowest BCUT2D eigenvalue weighted by Crippen LogP contribution is -2.42. The molecule has 0 amide bonds. The minimum Gasteiger partial charge on any atom is -0.368 e. The molecule has 0 saturated carbocycles. The zero-order valence-electron chi connectivity index (χ0n) is 12.0. The van der Waals surface area contributed by atoms with Crippen LogP contribution in [0.3, 0.4) is 0 Å². The maximum Gasteiger partial charge on any atom is 0.332 e. The summed E-state index contributed by atoms with van der Waals surface area (Å²) in [4.78, 5) is 22.9. The van der Waals surface area contributed by atoms with E-state index in [0.717, 1.165) is 25.9 Å². The first-order valence-electron chi connectivity index (χ1n) is 6.60. The van der Waals surface area contributed by atoms with Crippen LogP contribution in [0.5, 0.6) is 0 Å². The van der Waals surface area contributed by atoms with Crippen molar-refractivity contribution in [1.29, 1.82) is 0 Å². The van der Waals surface area contributed by atoms with Crippen LogP contribution >= 0.6 is 0 Å². The number of aryl methyl sites for hydroxylation is 1. The minimum absolute atomic E-state index is 0.0393. The SMILES string of the molecule is Cc1nc(N)nc(N2CCC(N(C)C)CC2)c1[N+](=O)[O-]. The number of nitrogens with zero attached hydrogens (tertiary/aromatic N) is 5. The van der Waals surface area contributed by atoms with Crippen molar-refractivity contribution in [3.05, 3.63) is 15.8 Å². The van der Waals surface area contributed by atoms with E-state index in [0.29, 0.717) is 17.6 Å². The first-order chi connectivity index (χ1) is 9.40. The number of nitrogens with two attached hydrogens (primary N) is 1. The van der Waals surface area contributed by atoms with Crippen molar-refractivity contribution >= 4 is 17.5 Å². The summed E-state index contributed by atoms with van der Waals surface area (Å²) >= 11 is 0. The molecule has 0 aromatic carbocycles. The highest BCUT2D eigenvalue weighted by atomic mass is 16.6. The number of aromatic nitrogens is 2. The predicted octanol–water partition coefficient (Wildman–Crippen LogP) is 0.806. The Labute approximate surface area is 117 Å². The number of hydrogen-bond acceptors (Lipinski definition) is 7. The molecule has 0 bridgehead atoms. The molecule has 1 aliphatic rings. The smallest absolute Gasteiger partial charge is 0.332 e. The average Bonchev–Trinajstić information content (AvgIpc) is 2.37. The fourth-order valence-corrected chi connectivity index (χ4v) is 2.60. The molecule has 1 fully saturated rings. The first kappa shape index (κ1) is 14.4. The van der Waals surface area contributed by atoms with Crippen LogP contribution in [0.4, 0.5) is 17.5 Å². The van der Waals surface area contributed by atoms with Gasteiger partial charge in [0.2, 0.25) is 11.8 Å². The number of nitro groups is 1. The maximum atomic E-state index is 11.2. The van der Waals surface area contributed by atoms with Crippen molar-refractivity contribution in [2.75, 3.05) is 37.8 Å². The van der Waals surface area contributed by atoms with Crippen LogP contribution in [-0.4, -0.2) is 53.0 Å². The predicted molar refractivity (Wildman–Crippen MR) is 76.8 cm³/mol. The second-order valence-electron chi connectivity index (χ2n) is 5.28. The molecule has 0 spiro atoms. The molecule has 1 aromatic heterocycles. The molecule has 2 rings (SSSR count). The monoisotopic (exact) mass is 280 g/mol. The Bertz CT molecular complexity index is 511. The van der Waals surface area contributed by atoms with Crippen molar-refractivity contribution in [2.45, 2.75) is 25.8 Å². The molecular weight excluding hydrogens is 260 g/mol. The summed E-state index contributed by atoms with van der Waals surface area (Å²) in [7, 11) is 4.10. The molecule has 0 unspecified atom stereocenters. The van der Waals surface area contributed by atoms with E-state index >= 15 is 0 Å². The molecule has 1 aromatic rings. The van der Waals surface area contributed by atoms with E-state index in [1.165, 1.54) is 0 Å². The molecule has 0 atom stereocenters. The molecule has 2 N–H and O–H groups in total. The summed E-state index contributed by atoms with van der Waals surface area (Å²) in [6.07, 6.45) is 1.90. The molecule has 0 aliphatic carbocycles. The van der Waals surface area contributed by atoms with Crippen molar-refractivity contribution in [3.63, 3.8) is 0 Å². The largest absolute Gasteiger partial charge is 0.368 e. The number of rotatable bonds is 3. The van der Waals surface area contributed by atoms with Gasteiger partial charge in [-0.1, -0.05) is 0 Å². The van der Waals surface area contributed by atoms with Crippen molar-refractivity contribution in [2.24, 2.45) is 0 Å². The Hall–Kier alpha value is -1.96. The highest BCUT2D eigenvalue weighted by Gasteiger charge is 2.29. The lowest BCUT2D eigenvalue weighted by atomic mass is 10.0. The third-order valence-electron chi connectivity index (χ3n) is 3.73. The number of piperidine rings is 1. The van der Waals surface area contributed by atoms with Gasteiger partial charge < -0.3 is 15.5 Å². The van der Waals surface area contributed by atoms with Crippen molar-refractivity contribution in [1.82, 2.24) is 14.9 Å². The minimum atomic E-state index is -0.428. The van der Waals surface area contributed by atoms with E-state index in [-0.39, 0.29) is 11.6 Å². The van der Waals surface area contributed by atoms with E-state index in [2.05, 4.69) is 29.0 Å². The third-order valence-corrected chi connectivity index (χ3v) is 3.73. The van der Waals surface area contributed by atoms with Crippen molar-refractivity contribution in [3.8, 4) is 0 Å². The number of nitrogen functional groups attached to an aromatic ring is 1. The molecule has 8 heteroatoms. The normalized spacial score (nSPS) is 16.7. The molecular formula is C12H20N6O2. The standard InChI is InChI=1S/C12H20N6O2/c1-8-10(18(19)20)11(15-12(13)14-8)17-6-4-9(5-7-17)16(2)3/h9H,4-7H2,1-3H3,(H2,13,14,15). The van der Waals surface area contributed by atoms with Gasteiger partial charge in [-0.15, -0.1) is 0 Å². The van der Waals surface area contributed by atoms with Gasteiger partial charge in [0.05, 0.1) is 4.92 Å². The maximum absolute atomic E-state index is 11.2. The van der Waals surface area contributed by atoms with E-state index in [1.54, 1.807) is 6.92 Å². The average molecular weight is 280 g/mol. The summed E-state index contributed by atoms with van der Waals surface area (Å²) < 4.78 is 0. The topological polar surface area (TPSA) is 101 Å². The molecule has 1 saturated heterocycles. The van der Waals surface area contributed by atoms with Crippen LogP contribution < -0.4 is 10.6 Å². The Morgan fingerprint density at radius 3 is 2.45 bits per heavy atom. The van der Waals surface area contributed by atoms with Crippen LogP contribution in [-0.2, 0) is 0 Å². The Morgan fingerprint density at radius 1 is 1.35 bits per heavy atom. The van der Waals surface area contributed by atoms with Gasteiger partial charge in [-0.2, -0.15) is 4.98 Å². The van der Waals surface area contributed by atoms with Crippen LogP contribution in [0.2, 0.25) is 0 Å². The zero-order valence-corrected chi connectivity index (χ0v) is 12.0. The highest BCUT2D eigenvalue weighted by molar-refractivity contribution is 5.62. The first-order valence-corrected chi connectivity index (χ1v) is 6.60. The molecule has 110 valence electrons. The Balaban J connectivity index is 2.27. The second-order valence-corrected chi connectivity index (χ2v) is 5.28. The summed E-state index contributed by atoms with van der Waals surface area (Å²) in [5.41, 5.74) is 5.90. The second kappa shape index (κ2) is 5.58. The summed E-state index contributed by atoms with van der Waals surface area (Å²) in [5.74, 6) is 0.426. The van der Waals surface area contributed by atoms with Gasteiger partial charge in [0, 0.05) is 19.1 Å². The van der Waals surface area contributed by atoms with Crippen LogP contribution in [0.15, 0.2) is 0 Å². The van der Waals surface area contributed by atoms with Gasteiger partial charge in [-0.05, 0) is 33.9 Å². The van der Waals surface area contributed by atoms with E-state index in [1.807, 2.05) is 4.90 Å². The fourth-order valence-electron chi connectivity index (χ4n) is 2.60. The van der Waals surface area contributed by atoms with Gasteiger partial charge in [-0.25, -0.2) is 4.98 Å².